The molecule has 0 radical (unpaired) electrons. The molecule has 4 nitrogen and oxygen atoms in total. The minimum absolute atomic E-state index is 0.129. The number of carbonyl (C=O) groups is 1. The van der Waals surface area contributed by atoms with Crippen molar-refractivity contribution >= 4 is 11.9 Å². The molecule has 5 aliphatic rings. The molecule has 0 aromatic rings. The van der Waals surface area contributed by atoms with Crippen molar-refractivity contribution in [2.45, 2.75) is 38.5 Å². The van der Waals surface area contributed by atoms with Gasteiger partial charge in [0.2, 0.25) is 0 Å². The molecule has 4 heteroatoms. The summed E-state index contributed by atoms with van der Waals surface area (Å²) < 4.78 is 0. The van der Waals surface area contributed by atoms with Crippen LogP contribution in [0.4, 0.5) is 4.79 Å². The van der Waals surface area contributed by atoms with Crippen LogP contribution in [0.2, 0.25) is 0 Å². The van der Waals surface area contributed by atoms with Gasteiger partial charge in [-0.25, -0.2) is 4.79 Å². The van der Waals surface area contributed by atoms with E-state index in [0.717, 1.165) is 23.6 Å². The van der Waals surface area contributed by atoms with Gasteiger partial charge in [0, 0.05) is 5.41 Å². The zero-order valence-corrected chi connectivity index (χ0v) is 9.22. The van der Waals surface area contributed by atoms with Crippen molar-refractivity contribution in [3.63, 3.8) is 0 Å². The number of azo groups is 1. The Labute approximate surface area is 94.2 Å². The SMILES string of the molecule is O=C1N=NC(C23CC4CC(CC(C4)C2)C3)=N1. The second kappa shape index (κ2) is 2.79. The number of hydrogen-bond donors (Lipinski definition) is 0. The van der Waals surface area contributed by atoms with Crippen molar-refractivity contribution in [1.82, 2.24) is 0 Å². The van der Waals surface area contributed by atoms with Gasteiger partial charge in [-0.1, -0.05) is 5.11 Å². The number of rotatable bonds is 1. The predicted octanol–water partition coefficient (Wildman–Crippen LogP) is 3.19. The molecular weight excluding hydrogens is 202 g/mol. The van der Waals surface area contributed by atoms with E-state index in [4.69, 9.17) is 0 Å². The molecule has 0 spiro atoms. The second-order valence-corrected chi connectivity index (χ2v) is 6.12. The zero-order chi connectivity index (χ0) is 10.8. The van der Waals surface area contributed by atoms with Gasteiger partial charge in [-0.15, -0.1) is 5.11 Å². The smallest absolute Gasteiger partial charge is 0.242 e. The molecule has 0 unspecified atom stereocenters. The lowest BCUT2D eigenvalue weighted by Gasteiger charge is -2.55. The van der Waals surface area contributed by atoms with Crippen LogP contribution in [0, 0.1) is 23.2 Å². The molecule has 2 amide bonds. The molecule has 4 fully saturated rings. The van der Waals surface area contributed by atoms with E-state index in [-0.39, 0.29) is 5.41 Å². The summed E-state index contributed by atoms with van der Waals surface area (Å²) in [5, 5.41) is 7.59. The summed E-state index contributed by atoms with van der Waals surface area (Å²) in [4.78, 5) is 15.1. The zero-order valence-electron chi connectivity index (χ0n) is 9.22. The quantitative estimate of drug-likeness (QED) is 0.665. The van der Waals surface area contributed by atoms with Crippen LogP contribution in [0.15, 0.2) is 15.2 Å². The Bertz CT molecular complexity index is 389. The molecule has 0 aromatic heterocycles. The molecule has 4 aliphatic carbocycles. The Kier molecular flexibility index (Phi) is 1.57. The highest BCUT2D eigenvalue weighted by atomic mass is 16.2. The first-order valence-corrected chi connectivity index (χ1v) is 6.28. The standard InChI is InChI=1S/C12H15N3O/c16-11-13-10(14-15-11)12-4-7-1-8(5-12)3-9(2-7)6-12/h7-9H,1-6H2. The number of hydrogen-bond acceptors (Lipinski definition) is 2. The van der Waals surface area contributed by atoms with E-state index in [1.54, 1.807) is 0 Å². The lowest BCUT2D eigenvalue weighted by molar-refractivity contribution is -0.0128. The molecular formula is C12H15N3O. The number of carbonyl (C=O) groups excluding carboxylic acids is 1. The molecule has 84 valence electrons. The largest absolute Gasteiger partial charge is 0.387 e. The third kappa shape index (κ3) is 1.10. The maximum absolute atomic E-state index is 11.1. The monoisotopic (exact) mass is 217 g/mol. The maximum atomic E-state index is 11.1. The minimum atomic E-state index is -0.397. The van der Waals surface area contributed by atoms with Crippen LogP contribution < -0.4 is 0 Å². The van der Waals surface area contributed by atoms with Crippen LogP contribution in [0.3, 0.4) is 0 Å². The number of amides is 2. The summed E-state index contributed by atoms with van der Waals surface area (Å²) in [5.74, 6) is 3.34. The van der Waals surface area contributed by atoms with Gasteiger partial charge in [0.25, 0.3) is 0 Å². The third-order valence-electron chi connectivity index (χ3n) is 4.94. The van der Waals surface area contributed by atoms with Crippen molar-refractivity contribution in [2.24, 2.45) is 38.4 Å². The lowest BCUT2D eigenvalue weighted by atomic mass is 9.49. The van der Waals surface area contributed by atoms with E-state index >= 15 is 0 Å². The highest BCUT2D eigenvalue weighted by Crippen LogP contribution is 2.60. The Morgan fingerprint density at radius 2 is 1.50 bits per heavy atom. The average Bonchev–Trinajstić information content (AvgIpc) is 2.63. The number of urea groups is 1. The molecule has 0 saturated heterocycles. The number of aliphatic imine (C=N–C) groups is 1. The van der Waals surface area contributed by atoms with Crippen LogP contribution in [0.5, 0.6) is 0 Å². The van der Waals surface area contributed by atoms with Crippen LogP contribution in [0.1, 0.15) is 38.5 Å². The summed E-state index contributed by atoms with van der Waals surface area (Å²) in [5.41, 5.74) is 0.129. The fraction of sp³-hybridized carbons (Fsp3) is 0.833. The molecule has 0 aromatic carbocycles. The van der Waals surface area contributed by atoms with Gasteiger partial charge in [0.15, 0.2) is 5.84 Å². The summed E-state index contributed by atoms with van der Waals surface area (Å²) >= 11 is 0. The third-order valence-corrected chi connectivity index (χ3v) is 4.94. The molecule has 0 N–H and O–H groups in total. The highest BCUT2D eigenvalue weighted by Gasteiger charge is 2.54. The van der Waals surface area contributed by atoms with Crippen LogP contribution in [-0.4, -0.2) is 11.9 Å². The van der Waals surface area contributed by atoms with E-state index in [1.165, 1.54) is 38.5 Å². The van der Waals surface area contributed by atoms with Gasteiger partial charge in [0.1, 0.15) is 0 Å². The molecule has 0 atom stereocenters. The Morgan fingerprint density at radius 1 is 0.938 bits per heavy atom. The highest BCUT2D eigenvalue weighted by molar-refractivity contribution is 6.01. The first-order chi connectivity index (χ1) is 7.73. The van der Waals surface area contributed by atoms with Crippen molar-refractivity contribution < 1.29 is 4.79 Å². The molecule has 1 heterocycles. The summed E-state index contributed by atoms with van der Waals surface area (Å²) in [7, 11) is 0. The van der Waals surface area contributed by atoms with Crippen molar-refractivity contribution in [3.05, 3.63) is 0 Å². The molecule has 5 rings (SSSR count). The number of amidine groups is 1. The fourth-order valence-electron chi connectivity index (χ4n) is 4.83. The normalized spacial score (nSPS) is 48.9. The van der Waals surface area contributed by atoms with Crippen molar-refractivity contribution in [2.75, 3.05) is 0 Å². The van der Waals surface area contributed by atoms with Gasteiger partial charge in [0.05, 0.1) is 0 Å². The van der Waals surface area contributed by atoms with Gasteiger partial charge in [-0.2, -0.15) is 4.99 Å². The van der Waals surface area contributed by atoms with Crippen molar-refractivity contribution in [3.8, 4) is 0 Å². The summed E-state index contributed by atoms with van der Waals surface area (Å²) in [6.45, 7) is 0. The van der Waals surface area contributed by atoms with E-state index in [1.807, 2.05) is 0 Å². The topological polar surface area (TPSA) is 54.1 Å². The second-order valence-electron chi connectivity index (χ2n) is 6.12. The van der Waals surface area contributed by atoms with E-state index in [9.17, 15) is 4.79 Å². The van der Waals surface area contributed by atoms with Gasteiger partial charge < -0.3 is 0 Å². The summed E-state index contributed by atoms with van der Waals surface area (Å²) in [6.07, 6.45) is 7.80. The van der Waals surface area contributed by atoms with Gasteiger partial charge in [-0.3, -0.25) is 0 Å². The van der Waals surface area contributed by atoms with Crippen LogP contribution >= 0.6 is 0 Å². The van der Waals surface area contributed by atoms with Crippen LogP contribution in [0.25, 0.3) is 0 Å². The van der Waals surface area contributed by atoms with E-state index in [2.05, 4.69) is 15.2 Å². The van der Waals surface area contributed by atoms with E-state index in [0.29, 0.717) is 0 Å². The number of nitrogens with zero attached hydrogens (tertiary/aromatic N) is 3. The molecule has 4 bridgehead atoms. The minimum Gasteiger partial charge on any atom is -0.242 e. The Hall–Kier alpha value is -1.06. The van der Waals surface area contributed by atoms with E-state index < -0.39 is 6.03 Å². The average molecular weight is 217 g/mol. The molecule has 4 saturated carbocycles. The fourth-order valence-corrected chi connectivity index (χ4v) is 4.83. The first kappa shape index (κ1) is 9.02. The lowest BCUT2D eigenvalue weighted by Crippen LogP contribution is -2.49. The first-order valence-electron chi connectivity index (χ1n) is 6.28. The van der Waals surface area contributed by atoms with Crippen molar-refractivity contribution in [1.29, 1.82) is 0 Å². The van der Waals surface area contributed by atoms with Gasteiger partial charge >= 0.3 is 6.03 Å². The molecule has 16 heavy (non-hydrogen) atoms. The summed E-state index contributed by atoms with van der Waals surface area (Å²) in [6, 6.07) is -0.397. The van der Waals surface area contributed by atoms with Gasteiger partial charge in [-0.05, 0) is 56.3 Å². The van der Waals surface area contributed by atoms with Crippen LogP contribution in [-0.2, 0) is 0 Å². The predicted molar refractivity (Wildman–Crippen MR) is 58.3 cm³/mol. The Morgan fingerprint density at radius 3 is 1.94 bits per heavy atom. The molecule has 1 aliphatic heterocycles. The maximum Gasteiger partial charge on any atom is 0.387 e. The Balaban J connectivity index is 1.74.